The highest BCUT2D eigenvalue weighted by Gasteiger charge is 2.27. The molecule has 3 aliphatic rings. The van der Waals surface area contributed by atoms with E-state index in [0.717, 1.165) is 44.5 Å². The van der Waals surface area contributed by atoms with Crippen LogP contribution in [0.5, 0.6) is 5.75 Å². The highest BCUT2D eigenvalue weighted by molar-refractivity contribution is 5.87. The second kappa shape index (κ2) is 13.1. The van der Waals surface area contributed by atoms with Gasteiger partial charge in [0.05, 0.1) is 0 Å². The Kier molecular flexibility index (Phi) is 8.88. The summed E-state index contributed by atoms with van der Waals surface area (Å²) >= 11 is 0. The van der Waals surface area contributed by atoms with Crippen molar-refractivity contribution in [3.05, 3.63) is 112 Å². The van der Waals surface area contributed by atoms with Crippen LogP contribution in [0.25, 0.3) is 5.57 Å². The van der Waals surface area contributed by atoms with Gasteiger partial charge < -0.3 is 19.1 Å². The van der Waals surface area contributed by atoms with Crippen molar-refractivity contribution >= 4 is 11.3 Å². The molecule has 0 N–H and O–H groups in total. The van der Waals surface area contributed by atoms with Crippen molar-refractivity contribution < 1.29 is 14.2 Å². The topological polar surface area (TPSA) is 30.9 Å². The maximum Gasteiger partial charge on any atom is 0.159 e. The lowest BCUT2D eigenvalue weighted by atomic mass is 9.81. The van der Waals surface area contributed by atoms with Gasteiger partial charge in [-0.15, -0.1) is 0 Å². The second-order valence-electron chi connectivity index (χ2n) is 11.7. The van der Waals surface area contributed by atoms with Crippen LogP contribution in [-0.4, -0.2) is 33.6 Å². The summed E-state index contributed by atoms with van der Waals surface area (Å²) in [4.78, 5) is 2.50. The number of benzene rings is 3. The van der Waals surface area contributed by atoms with E-state index in [9.17, 15) is 0 Å². The van der Waals surface area contributed by atoms with Crippen molar-refractivity contribution in [2.75, 3.05) is 32.2 Å². The van der Waals surface area contributed by atoms with Crippen LogP contribution in [0.4, 0.5) is 5.69 Å². The molecule has 2 fully saturated rings. The largest absolute Gasteiger partial charge is 0.489 e. The molecule has 4 nitrogen and oxygen atoms in total. The summed E-state index contributed by atoms with van der Waals surface area (Å²) in [5.41, 5.74) is 11.1. The molecule has 0 spiro atoms. The number of piperidine rings is 1. The zero-order valence-electron chi connectivity index (χ0n) is 24.6. The number of nitrogens with zero attached hydrogens (tertiary/aromatic N) is 1. The standard InChI is InChI=1S/C37H43NO3/c1-39-37(40-2)30-20-22-38(23-21-30)33-16-14-29(15-17-33)36-32(24-27-8-6-7-9-27)13-12-31-25-34(18-19-35(31)36)41-26-28-10-4-3-5-11-28/h3-5,10-11,14-19,24-25,30,37H,6-9,12-13,20-23,26H2,1-2H3. The van der Waals surface area contributed by atoms with Gasteiger partial charge in [-0.3, -0.25) is 0 Å². The van der Waals surface area contributed by atoms with Crippen LogP contribution >= 0.6 is 0 Å². The number of hydrogen-bond acceptors (Lipinski definition) is 4. The number of aryl methyl sites for hydroxylation is 1. The van der Waals surface area contributed by atoms with E-state index >= 15 is 0 Å². The molecule has 4 heteroatoms. The van der Waals surface area contributed by atoms with Crippen molar-refractivity contribution in [3.63, 3.8) is 0 Å². The van der Waals surface area contributed by atoms with Crippen LogP contribution < -0.4 is 9.64 Å². The fourth-order valence-electron chi connectivity index (χ4n) is 6.87. The van der Waals surface area contributed by atoms with Gasteiger partial charge in [-0.05, 0) is 109 Å². The summed E-state index contributed by atoms with van der Waals surface area (Å²) in [5, 5.41) is 0. The Morgan fingerprint density at radius 2 is 1.56 bits per heavy atom. The fraction of sp³-hybridized carbons (Fsp3) is 0.405. The number of methoxy groups -OCH3 is 2. The number of ether oxygens (including phenoxy) is 3. The van der Waals surface area contributed by atoms with E-state index in [1.807, 2.05) is 6.07 Å². The van der Waals surface area contributed by atoms with E-state index in [1.54, 1.807) is 19.8 Å². The SMILES string of the molecule is COC(OC)C1CCN(c2ccc(C3=C(C=C4CCCC4)CCc4cc(OCc5ccccc5)ccc43)cc2)CC1. The third-order valence-electron chi connectivity index (χ3n) is 9.11. The van der Waals surface area contributed by atoms with Crippen molar-refractivity contribution in [2.45, 2.75) is 64.3 Å². The third-order valence-corrected chi connectivity index (χ3v) is 9.11. The molecule has 214 valence electrons. The molecular formula is C37H43NO3. The van der Waals surface area contributed by atoms with Gasteiger partial charge in [-0.1, -0.05) is 60.2 Å². The predicted molar refractivity (Wildman–Crippen MR) is 167 cm³/mol. The van der Waals surface area contributed by atoms with Crippen LogP contribution in [0.2, 0.25) is 0 Å². The zero-order chi connectivity index (χ0) is 28.0. The summed E-state index contributed by atoms with van der Waals surface area (Å²) in [7, 11) is 3.49. The van der Waals surface area contributed by atoms with Crippen molar-refractivity contribution in [1.82, 2.24) is 0 Å². The molecule has 0 atom stereocenters. The number of hydrogen-bond donors (Lipinski definition) is 0. The Labute approximate surface area is 245 Å². The number of rotatable bonds is 9. The van der Waals surface area contributed by atoms with Crippen LogP contribution in [0.3, 0.4) is 0 Å². The van der Waals surface area contributed by atoms with Gasteiger partial charge in [-0.25, -0.2) is 0 Å². The van der Waals surface area contributed by atoms with E-state index in [-0.39, 0.29) is 6.29 Å². The van der Waals surface area contributed by atoms with Gasteiger partial charge in [0.1, 0.15) is 12.4 Å². The summed E-state index contributed by atoms with van der Waals surface area (Å²) in [6, 6.07) is 26.4. The van der Waals surface area contributed by atoms with E-state index in [1.165, 1.54) is 64.8 Å². The molecule has 0 radical (unpaired) electrons. The minimum atomic E-state index is -0.102. The molecule has 6 rings (SSSR count). The molecule has 3 aromatic rings. The van der Waals surface area contributed by atoms with Gasteiger partial charge in [0, 0.05) is 38.9 Å². The highest BCUT2D eigenvalue weighted by Crippen LogP contribution is 2.40. The van der Waals surface area contributed by atoms with Gasteiger partial charge in [0.2, 0.25) is 0 Å². The van der Waals surface area contributed by atoms with Gasteiger partial charge in [-0.2, -0.15) is 0 Å². The van der Waals surface area contributed by atoms with E-state index in [2.05, 4.69) is 77.7 Å². The number of fused-ring (bicyclic) bond motifs is 1. The van der Waals surface area contributed by atoms with Crippen LogP contribution in [-0.2, 0) is 22.5 Å². The van der Waals surface area contributed by atoms with Crippen molar-refractivity contribution in [2.24, 2.45) is 5.92 Å². The molecule has 0 amide bonds. The molecule has 1 saturated heterocycles. The molecule has 0 aromatic heterocycles. The third kappa shape index (κ3) is 6.45. The molecule has 2 aliphatic carbocycles. The van der Waals surface area contributed by atoms with Gasteiger partial charge in [0.15, 0.2) is 6.29 Å². The van der Waals surface area contributed by atoms with E-state index in [4.69, 9.17) is 14.2 Å². The quantitative estimate of drug-likeness (QED) is 0.251. The molecule has 1 heterocycles. The first-order valence-electron chi connectivity index (χ1n) is 15.4. The van der Waals surface area contributed by atoms with Gasteiger partial charge >= 0.3 is 0 Å². The molecule has 0 unspecified atom stereocenters. The first-order valence-corrected chi connectivity index (χ1v) is 15.4. The molecule has 1 aliphatic heterocycles. The summed E-state index contributed by atoms with van der Waals surface area (Å²) in [6.45, 7) is 2.65. The molecule has 1 saturated carbocycles. The average Bonchev–Trinajstić information content (AvgIpc) is 3.55. The lowest BCUT2D eigenvalue weighted by Gasteiger charge is -2.36. The summed E-state index contributed by atoms with van der Waals surface area (Å²) < 4.78 is 17.3. The minimum absolute atomic E-state index is 0.102. The Morgan fingerprint density at radius 1 is 0.829 bits per heavy atom. The van der Waals surface area contributed by atoms with E-state index in [0.29, 0.717) is 12.5 Å². The maximum atomic E-state index is 6.20. The van der Waals surface area contributed by atoms with Crippen molar-refractivity contribution in [3.8, 4) is 5.75 Å². The van der Waals surface area contributed by atoms with Crippen LogP contribution in [0, 0.1) is 5.92 Å². The number of allylic oxidation sites excluding steroid dienone is 3. The Hall–Kier alpha value is -3.34. The molecule has 3 aromatic carbocycles. The Morgan fingerprint density at radius 3 is 2.27 bits per heavy atom. The lowest BCUT2D eigenvalue weighted by Crippen LogP contribution is -2.39. The zero-order valence-corrected chi connectivity index (χ0v) is 24.6. The lowest BCUT2D eigenvalue weighted by molar-refractivity contribution is -0.141. The summed E-state index contributed by atoms with van der Waals surface area (Å²) in [6.07, 6.45) is 11.9. The van der Waals surface area contributed by atoms with E-state index < -0.39 is 0 Å². The monoisotopic (exact) mass is 549 g/mol. The first kappa shape index (κ1) is 27.8. The first-order chi connectivity index (χ1) is 20.2. The summed E-state index contributed by atoms with van der Waals surface area (Å²) in [5.74, 6) is 1.41. The average molecular weight is 550 g/mol. The minimum Gasteiger partial charge on any atom is -0.489 e. The predicted octanol–water partition coefficient (Wildman–Crippen LogP) is 8.35. The highest BCUT2D eigenvalue weighted by atomic mass is 16.7. The number of anilines is 1. The Bertz CT molecular complexity index is 1360. The van der Waals surface area contributed by atoms with Gasteiger partial charge in [0.25, 0.3) is 0 Å². The van der Waals surface area contributed by atoms with Crippen LogP contribution in [0.15, 0.2) is 90.0 Å². The van der Waals surface area contributed by atoms with Crippen molar-refractivity contribution in [1.29, 1.82) is 0 Å². The maximum absolute atomic E-state index is 6.20. The molecule has 0 bridgehead atoms. The molecular weight excluding hydrogens is 506 g/mol. The fourth-order valence-corrected chi connectivity index (χ4v) is 6.87. The second-order valence-corrected chi connectivity index (χ2v) is 11.7. The Balaban J connectivity index is 1.24. The normalized spacial score (nSPS) is 17.7. The smallest absolute Gasteiger partial charge is 0.159 e. The van der Waals surface area contributed by atoms with Crippen LogP contribution in [0.1, 0.15) is 67.2 Å². The molecule has 41 heavy (non-hydrogen) atoms.